The first kappa shape index (κ1) is 13.4. The molecule has 19 heavy (non-hydrogen) atoms. The summed E-state index contributed by atoms with van der Waals surface area (Å²) in [5.41, 5.74) is 0.376. The van der Waals surface area contributed by atoms with Crippen molar-refractivity contribution in [2.24, 2.45) is 0 Å². The van der Waals surface area contributed by atoms with Gasteiger partial charge >= 0.3 is 0 Å². The third kappa shape index (κ3) is 3.05. The molecule has 1 saturated carbocycles. The number of ether oxygens (including phenoxy) is 2. The fraction of sp³-hybridized carbons (Fsp3) is 0.429. The van der Waals surface area contributed by atoms with E-state index in [0.717, 1.165) is 12.8 Å². The van der Waals surface area contributed by atoms with Gasteiger partial charge in [-0.15, -0.1) is 0 Å². The average molecular weight is 263 g/mol. The van der Waals surface area contributed by atoms with Crippen molar-refractivity contribution in [3.05, 3.63) is 23.8 Å². The van der Waals surface area contributed by atoms with E-state index in [4.69, 9.17) is 9.47 Å². The molecule has 0 heterocycles. The number of nitrogens with zero attached hydrogens (tertiary/aromatic N) is 1. The van der Waals surface area contributed by atoms with Crippen molar-refractivity contribution in [1.29, 1.82) is 0 Å². The van der Waals surface area contributed by atoms with E-state index in [2.05, 4.69) is 0 Å². The first-order chi connectivity index (χ1) is 9.17. The maximum absolute atomic E-state index is 11.9. The summed E-state index contributed by atoms with van der Waals surface area (Å²) < 4.78 is 10.6. The number of benzene rings is 1. The van der Waals surface area contributed by atoms with E-state index in [-0.39, 0.29) is 12.5 Å². The number of hydrogen-bond donors (Lipinski definition) is 0. The summed E-state index contributed by atoms with van der Waals surface area (Å²) in [6, 6.07) is 5.37. The maximum atomic E-state index is 11.9. The zero-order chi connectivity index (χ0) is 13.8. The minimum atomic E-state index is -0.0924. The largest absolute Gasteiger partial charge is 0.493 e. The molecule has 5 nitrogen and oxygen atoms in total. The molecule has 0 N–H and O–H groups in total. The molecular weight excluding hydrogens is 246 g/mol. The highest BCUT2D eigenvalue weighted by Crippen LogP contribution is 2.30. The van der Waals surface area contributed by atoms with Gasteiger partial charge in [0, 0.05) is 13.1 Å². The van der Waals surface area contributed by atoms with Gasteiger partial charge in [0.1, 0.15) is 0 Å². The SMILES string of the molecule is COc1cccc(C=O)c1OCC(=O)N(C)C1CC1. The topological polar surface area (TPSA) is 55.8 Å². The normalized spacial score (nSPS) is 13.8. The van der Waals surface area contributed by atoms with Gasteiger partial charge in [-0.25, -0.2) is 0 Å². The molecule has 0 radical (unpaired) electrons. The molecule has 1 aromatic rings. The molecule has 0 aromatic heterocycles. The van der Waals surface area contributed by atoms with Gasteiger partial charge in [-0.2, -0.15) is 0 Å². The van der Waals surface area contributed by atoms with Crippen molar-refractivity contribution in [2.45, 2.75) is 18.9 Å². The summed E-state index contributed by atoms with van der Waals surface area (Å²) in [5.74, 6) is 0.675. The summed E-state index contributed by atoms with van der Waals surface area (Å²) in [6.07, 6.45) is 2.79. The van der Waals surface area contributed by atoms with Crippen LogP contribution in [0, 0.1) is 0 Å². The number of methoxy groups -OCH3 is 1. The van der Waals surface area contributed by atoms with Crippen LogP contribution in [0.2, 0.25) is 0 Å². The zero-order valence-electron chi connectivity index (χ0n) is 11.1. The third-order valence-corrected chi connectivity index (χ3v) is 3.18. The van der Waals surface area contributed by atoms with Gasteiger partial charge in [-0.1, -0.05) is 6.07 Å². The second kappa shape index (κ2) is 5.73. The lowest BCUT2D eigenvalue weighted by Gasteiger charge is -2.17. The van der Waals surface area contributed by atoms with Crippen LogP contribution in [0.15, 0.2) is 18.2 Å². The Morgan fingerprint density at radius 2 is 2.21 bits per heavy atom. The Morgan fingerprint density at radius 1 is 1.47 bits per heavy atom. The molecule has 0 atom stereocenters. The lowest BCUT2D eigenvalue weighted by atomic mass is 10.2. The maximum Gasteiger partial charge on any atom is 0.260 e. The summed E-state index contributed by atoms with van der Waals surface area (Å²) in [6.45, 7) is -0.0891. The van der Waals surface area contributed by atoms with Crippen LogP contribution in [-0.4, -0.2) is 43.9 Å². The van der Waals surface area contributed by atoms with E-state index >= 15 is 0 Å². The van der Waals surface area contributed by atoms with Crippen molar-refractivity contribution in [2.75, 3.05) is 20.8 Å². The van der Waals surface area contributed by atoms with Crippen molar-refractivity contribution in [3.63, 3.8) is 0 Å². The van der Waals surface area contributed by atoms with E-state index in [1.165, 1.54) is 7.11 Å². The predicted molar refractivity (Wildman–Crippen MR) is 69.7 cm³/mol. The number of hydrogen-bond acceptors (Lipinski definition) is 4. The molecule has 0 spiro atoms. The van der Waals surface area contributed by atoms with Crippen LogP contribution in [0.3, 0.4) is 0 Å². The Bertz CT molecular complexity index is 482. The van der Waals surface area contributed by atoms with Crippen LogP contribution >= 0.6 is 0 Å². The van der Waals surface area contributed by atoms with E-state index in [0.29, 0.717) is 29.4 Å². The van der Waals surface area contributed by atoms with Crippen molar-refractivity contribution in [3.8, 4) is 11.5 Å². The van der Waals surface area contributed by atoms with Crippen molar-refractivity contribution >= 4 is 12.2 Å². The predicted octanol–water partition coefficient (Wildman–Crippen LogP) is 1.51. The summed E-state index contributed by atoms with van der Waals surface area (Å²) in [7, 11) is 3.27. The fourth-order valence-electron chi connectivity index (χ4n) is 1.84. The van der Waals surface area contributed by atoms with Gasteiger partial charge in [0.25, 0.3) is 5.91 Å². The Morgan fingerprint density at radius 3 is 2.79 bits per heavy atom. The summed E-state index contributed by atoms with van der Waals surface area (Å²) in [5, 5.41) is 0. The number of carbonyl (C=O) groups is 2. The minimum absolute atomic E-state index is 0.0891. The van der Waals surface area contributed by atoms with Gasteiger partial charge in [0.15, 0.2) is 24.4 Å². The fourth-order valence-corrected chi connectivity index (χ4v) is 1.84. The van der Waals surface area contributed by atoms with Crippen LogP contribution in [0.1, 0.15) is 23.2 Å². The third-order valence-electron chi connectivity index (χ3n) is 3.18. The molecule has 1 aliphatic rings. The zero-order valence-corrected chi connectivity index (χ0v) is 11.1. The van der Waals surface area contributed by atoms with Gasteiger partial charge in [-0.3, -0.25) is 9.59 Å². The van der Waals surface area contributed by atoms with E-state index < -0.39 is 0 Å². The Kier molecular flexibility index (Phi) is 4.04. The number of amides is 1. The Balaban J connectivity index is 2.05. The standard InChI is InChI=1S/C14H17NO4/c1-15(11-6-7-11)13(17)9-19-14-10(8-16)4-3-5-12(14)18-2/h3-5,8,11H,6-7,9H2,1-2H3. The molecule has 1 amide bonds. The molecule has 1 aliphatic carbocycles. The van der Waals surface area contributed by atoms with Gasteiger partial charge in [-0.05, 0) is 25.0 Å². The first-order valence-electron chi connectivity index (χ1n) is 6.18. The lowest BCUT2D eigenvalue weighted by molar-refractivity contribution is -0.132. The molecule has 1 fully saturated rings. The van der Waals surface area contributed by atoms with Crippen LogP contribution in [-0.2, 0) is 4.79 Å². The molecule has 0 saturated heterocycles. The second-order valence-corrected chi connectivity index (χ2v) is 4.52. The Hall–Kier alpha value is -2.04. The summed E-state index contributed by atoms with van der Waals surface area (Å²) in [4.78, 5) is 24.5. The highest BCUT2D eigenvalue weighted by Gasteiger charge is 2.29. The molecule has 102 valence electrons. The second-order valence-electron chi connectivity index (χ2n) is 4.52. The van der Waals surface area contributed by atoms with Crippen molar-refractivity contribution < 1.29 is 19.1 Å². The lowest BCUT2D eigenvalue weighted by Crippen LogP contribution is -2.33. The van der Waals surface area contributed by atoms with Gasteiger partial charge in [0.2, 0.25) is 0 Å². The van der Waals surface area contributed by atoms with E-state index in [9.17, 15) is 9.59 Å². The summed E-state index contributed by atoms with van der Waals surface area (Å²) >= 11 is 0. The molecule has 2 rings (SSSR count). The molecule has 0 unspecified atom stereocenters. The highest BCUT2D eigenvalue weighted by atomic mass is 16.5. The van der Waals surface area contributed by atoms with Crippen LogP contribution in [0.25, 0.3) is 0 Å². The number of aldehydes is 1. The van der Waals surface area contributed by atoms with Crippen LogP contribution in [0.4, 0.5) is 0 Å². The first-order valence-corrected chi connectivity index (χ1v) is 6.18. The molecule has 1 aromatic carbocycles. The highest BCUT2D eigenvalue weighted by molar-refractivity contribution is 5.82. The van der Waals surface area contributed by atoms with Gasteiger partial charge in [0.05, 0.1) is 12.7 Å². The molecule has 0 bridgehead atoms. The molecule has 5 heteroatoms. The van der Waals surface area contributed by atoms with E-state index in [1.807, 2.05) is 0 Å². The number of rotatable bonds is 6. The quantitative estimate of drug-likeness (QED) is 0.730. The van der Waals surface area contributed by atoms with E-state index in [1.54, 1.807) is 30.1 Å². The number of likely N-dealkylation sites (N-methyl/N-ethyl adjacent to an activating group) is 1. The monoisotopic (exact) mass is 263 g/mol. The molecular formula is C14H17NO4. The number of para-hydroxylation sites is 1. The van der Waals surface area contributed by atoms with Crippen LogP contribution < -0.4 is 9.47 Å². The van der Waals surface area contributed by atoms with Crippen LogP contribution in [0.5, 0.6) is 11.5 Å². The smallest absolute Gasteiger partial charge is 0.260 e. The Labute approximate surface area is 112 Å². The average Bonchev–Trinajstić information content (AvgIpc) is 3.27. The number of carbonyl (C=O) groups excluding carboxylic acids is 2. The van der Waals surface area contributed by atoms with Crippen molar-refractivity contribution in [1.82, 2.24) is 4.90 Å². The minimum Gasteiger partial charge on any atom is -0.493 e. The molecule has 0 aliphatic heterocycles. The van der Waals surface area contributed by atoms with Gasteiger partial charge < -0.3 is 14.4 Å².